The Labute approximate surface area is 117 Å². The maximum Gasteiger partial charge on any atom is 0.231 e. The molecule has 1 aromatic rings. The van der Waals surface area contributed by atoms with Gasteiger partial charge in [0.25, 0.3) is 0 Å². The highest BCUT2D eigenvalue weighted by atomic mass is 16.7. The van der Waals surface area contributed by atoms with Crippen molar-refractivity contribution in [3.05, 3.63) is 23.8 Å². The van der Waals surface area contributed by atoms with Gasteiger partial charge in [0.1, 0.15) is 0 Å². The summed E-state index contributed by atoms with van der Waals surface area (Å²) in [6.45, 7) is 2.69. The van der Waals surface area contributed by atoms with Crippen LogP contribution in [0.25, 0.3) is 0 Å². The van der Waals surface area contributed by atoms with Gasteiger partial charge >= 0.3 is 0 Å². The fourth-order valence-electron chi connectivity index (χ4n) is 2.78. The molecule has 1 amide bonds. The predicted molar refractivity (Wildman–Crippen MR) is 71.9 cm³/mol. The second-order valence-electron chi connectivity index (χ2n) is 5.03. The van der Waals surface area contributed by atoms with E-state index in [9.17, 15) is 9.59 Å². The molecule has 2 aliphatic heterocycles. The second-order valence-corrected chi connectivity index (χ2v) is 5.03. The van der Waals surface area contributed by atoms with E-state index in [0.29, 0.717) is 30.0 Å². The minimum Gasteiger partial charge on any atom is -0.454 e. The third kappa shape index (κ3) is 2.13. The number of rotatable bonds is 3. The summed E-state index contributed by atoms with van der Waals surface area (Å²) < 4.78 is 10.5. The molecule has 0 radical (unpaired) electrons. The molecule has 1 fully saturated rings. The molecule has 0 bridgehead atoms. The summed E-state index contributed by atoms with van der Waals surface area (Å²) in [6.07, 6.45) is 2.05. The van der Waals surface area contributed by atoms with Crippen molar-refractivity contribution in [2.45, 2.75) is 32.2 Å². The zero-order valence-corrected chi connectivity index (χ0v) is 11.4. The Morgan fingerprint density at radius 2 is 2.10 bits per heavy atom. The van der Waals surface area contributed by atoms with E-state index in [1.54, 1.807) is 23.1 Å². The Bertz CT molecular complexity index is 555. The van der Waals surface area contributed by atoms with Crippen LogP contribution in [0.5, 0.6) is 11.5 Å². The van der Waals surface area contributed by atoms with E-state index in [-0.39, 0.29) is 24.5 Å². The molecule has 0 N–H and O–H groups in total. The molecule has 5 heteroatoms. The number of fused-ring (bicyclic) bond motifs is 1. The van der Waals surface area contributed by atoms with Gasteiger partial charge in [-0.1, -0.05) is 6.92 Å². The molecular formula is C15H17NO4. The highest BCUT2D eigenvalue weighted by Crippen LogP contribution is 2.33. The van der Waals surface area contributed by atoms with Crippen molar-refractivity contribution in [1.29, 1.82) is 0 Å². The molecule has 0 aromatic heterocycles. The van der Waals surface area contributed by atoms with Crippen LogP contribution in [0.1, 0.15) is 36.5 Å². The van der Waals surface area contributed by atoms with Crippen LogP contribution < -0.4 is 9.47 Å². The topological polar surface area (TPSA) is 55.8 Å². The average molecular weight is 275 g/mol. The van der Waals surface area contributed by atoms with E-state index in [1.165, 1.54) is 0 Å². The number of ketones is 1. The summed E-state index contributed by atoms with van der Waals surface area (Å²) in [5.74, 6) is 1.29. The van der Waals surface area contributed by atoms with Gasteiger partial charge in [-0.3, -0.25) is 9.59 Å². The highest BCUT2D eigenvalue weighted by Gasteiger charge is 2.34. The number of amides is 1. The summed E-state index contributed by atoms with van der Waals surface area (Å²) in [6, 6.07) is 4.86. The first-order chi connectivity index (χ1) is 9.70. The smallest absolute Gasteiger partial charge is 0.231 e. The molecule has 0 spiro atoms. The van der Waals surface area contributed by atoms with Crippen molar-refractivity contribution < 1.29 is 19.1 Å². The van der Waals surface area contributed by atoms with E-state index in [2.05, 4.69) is 0 Å². The average Bonchev–Trinajstić information content (AvgIpc) is 3.13. The van der Waals surface area contributed by atoms with Crippen LogP contribution in [0, 0.1) is 0 Å². The summed E-state index contributed by atoms with van der Waals surface area (Å²) in [4.78, 5) is 26.2. The van der Waals surface area contributed by atoms with Crippen molar-refractivity contribution in [2.75, 3.05) is 13.3 Å². The van der Waals surface area contributed by atoms with Crippen LogP contribution in [0.15, 0.2) is 18.2 Å². The van der Waals surface area contributed by atoms with Crippen LogP contribution in [-0.2, 0) is 4.79 Å². The molecule has 1 aromatic carbocycles. The predicted octanol–water partition coefficient (Wildman–Crippen LogP) is 2.00. The van der Waals surface area contributed by atoms with Gasteiger partial charge in [-0.25, -0.2) is 0 Å². The number of carbonyl (C=O) groups excluding carboxylic acids is 2. The minimum atomic E-state index is -0.331. The highest BCUT2D eigenvalue weighted by molar-refractivity contribution is 6.02. The SMILES string of the molecule is CCC(=O)N1CCCC1C(=O)c1ccc2c(c1)OCO2. The van der Waals surface area contributed by atoms with Crippen molar-refractivity contribution in [1.82, 2.24) is 4.90 Å². The van der Waals surface area contributed by atoms with Gasteiger partial charge < -0.3 is 14.4 Å². The zero-order valence-electron chi connectivity index (χ0n) is 11.4. The van der Waals surface area contributed by atoms with Gasteiger partial charge in [0.2, 0.25) is 12.7 Å². The normalized spacial score (nSPS) is 20.2. The number of likely N-dealkylation sites (tertiary alicyclic amines) is 1. The number of Topliss-reactive ketones (excluding diaryl/α,β-unsaturated/α-hetero) is 1. The van der Waals surface area contributed by atoms with Gasteiger partial charge in [-0.15, -0.1) is 0 Å². The van der Waals surface area contributed by atoms with Crippen LogP contribution in [-0.4, -0.2) is 36.0 Å². The van der Waals surface area contributed by atoms with Gasteiger partial charge in [0.15, 0.2) is 17.3 Å². The number of carbonyl (C=O) groups is 2. The van der Waals surface area contributed by atoms with Crippen molar-refractivity contribution in [2.24, 2.45) is 0 Å². The Morgan fingerprint density at radius 3 is 2.90 bits per heavy atom. The lowest BCUT2D eigenvalue weighted by molar-refractivity contribution is -0.131. The lowest BCUT2D eigenvalue weighted by Crippen LogP contribution is -2.40. The van der Waals surface area contributed by atoms with E-state index >= 15 is 0 Å². The molecule has 20 heavy (non-hydrogen) atoms. The van der Waals surface area contributed by atoms with E-state index < -0.39 is 0 Å². The van der Waals surface area contributed by atoms with Gasteiger partial charge in [0.05, 0.1) is 6.04 Å². The molecule has 1 unspecified atom stereocenters. The molecule has 2 aliphatic rings. The standard InChI is InChI=1S/C15H17NO4/c1-2-14(17)16-7-3-4-11(16)15(18)10-5-6-12-13(8-10)20-9-19-12/h5-6,8,11H,2-4,7,9H2,1H3. The molecule has 0 aliphatic carbocycles. The van der Waals surface area contributed by atoms with E-state index in [1.807, 2.05) is 6.92 Å². The van der Waals surface area contributed by atoms with Gasteiger partial charge in [0, 0.05) is 18.5 Å². The lowest BCUT2D eigenvalue weighted by Gasteiger charge is -2.23. The Morgan fingerprint density at radius 1 is 1.30 bits per heavy atom. The minimum absolute atomic E-state index is 0.0115. The molecule has 1 saturated heterocycles. The number of benzene rings is 1. The Hall–Kier alpha value is -2.04. The summed E-state index contributed by atoms with van der Waals surface area (Å²) in [5.41, 5.74) is 0.579. The molecule has 106 valence electrons. The molecule has 2 heterocycles. The summed E-state index contributed by atoms with van der Waals surface area (Å²) >= 11 is 0. The molecule has 1 atom stereocenters. The fraction of sp³-hybridized carbons (Fsp3) is 0.467. The van der Waals surface area contributed by atoms with Gasteiger partial charge in [-0.05, 0) is 31.0 Å². The Kier molecular flexibility index (Phi) is 3.34. The second kappa shape index (κ2) is 5.15. The molecule has 3 rings (SSSR count). The van der Waals surface area contributed by atoms with Crippen molar-refractivity contribution in [3.63, 3.8) is 0 Å². The van der Waals surface area contributed by atoms with Crippen LogP contribution in [0.2, 0.25) is 0 Å². The van der Waals surface area contributed by atoms with Crippen LogP contribution in [0.3, 0.4) is 0 Å². The quantitative estimate of drug-likeness (QED) is 0.792. The van der Waals surface area contributed by atoms with Crippen molar-refractivity contribution >= 4 is 11.7 Å². The number of hydrogen-bond donors (Lipinski definition) is 0. The number of nitrogens with zero attached hydrogens (tertiary/aromatic N) is 1. The van der Waals surface area contributed by atoms with Crippen molar-refractivity contribution in [3.8, 4) is 11.5 Å². The van der Waals surface area contributed by atoms with Crippen LogP contribution >= 0.6 is 0 Å². The monoisotopic (exact) mass is 275 g/mol. The lowest BCUT2D eigenvalue weighted by atomic mass is 10.0. The zero-order chi connectivity index (χ0) is 14.1. The molecular weight excluding hydrogens is 258 g/mol. The Balaban J connectivity index is 1.83. The maximum atomic E-state index is 12.6. The summed E-state index contributed by atoms with van der Waals surface area (Å²) in [7, 11) is 0. The third-order valence-corrected chi connectivity index (χ3v) is 3.84. The maximum absolute atomic E-state index is 12.6. The molecule has 5 nitrogen and oxygen atoms in total. The van der Waals surface area contributed by atoms with E-state index in [0.717, 1.165) is 12.8 Å². The van der Waals surface area contributed by atoms with Gasteiger partial charge in [-0.2, -0.15) is 0 Å². The first kappa shape index (κ1) is 13.0. The van der Waals surface area contributed by atoms with E-state index in [4.69, 9.17) is 9.47 Å². The largest absolute Gasteiger partial charge is 0.454 e. The van der Waals surface area contributed by atoms with Crippen LogP contribution in [0.4, 0.5) is 0 Å². The first-order valence-corrected chi connectivity index (χ1v) is 6.94. The third-order valence-electron chi connectivity index (χ3n) is 3.84. The fourth-order valence-corrected chi connectivity index (χ4v) is 2.78. The summed E-state index contributed by atoms with van der Waals surface area (Å²) in [5, 5.41) is 0. The number of hydrogen-bond acceptors (Lipinski definition) is 4. The molecule has 0 saturated carbocycles. The first-order valence-electron chi connectivity index (χ1n) is 6.94. The number of ether oxygens (including phenoxy) is 2.